The standard InChI is InChI=1S/C19H33N5O7S/c1-10(25)15(18(29)24-8-3-4-13(24)19(30)31)23-17(28)12(7-9-32-2)22-16(27)11(20)5-6-14(21)26/h10-13,15,25H,3-9,20H2,1-2H3,(H2,21,26)(H,22,27)(H,23,28)(H,30,31). The molecule has 5 atom stereocenters. The number of carbonyl (C=O) groups excluding carboxylic acids is 4. The molecule has 0 radical (unpaired) electrons. The molecule has 8 N–H and O–H groups in total. The van der Waals surface area contributed by atoms with Crippen LogP contribution in [-0.4, -0.2) is 93.5 Å². The first-order valence-corrected chi connectivity index (χ1v) is 11.7. The second kappa shape index (κ2) is 13.2. The maximum absolute atomic E-state index is 12.9. The Hall–Kier alpha value is -2.38. The number of likely N-dealkylation sites (tertiary alicyclic amines) is 1. The summed E-state index contributed by atoms with van der Waals surface area (Å²) in [5.41, 5.74) is 10.8. The quantitative estimate of drug-likeness (QED) is 0.170. The monoisotopic (exact) mass is 475 g/mol. The van der Waals surface area contributed by atoms with Crippen molar-refractivity contribution < 1.29 is 34.2 Å². The molecule has 0 aromatic carbocycles. The number of carboxylic acid groups (broad SMARTS) is 1. The minimum atomic E-state index is -1.38. The maximum atomic E-state index is 12.9. The second-order valence-electron chi connectivity index (χ2n) is 7.71. The normalized spacial score (nSPS) is 19.5. The highest BCUT2D eigenvalue weighted by Crippen LogP contribution is 2.19. The van der Waals surface area contributed by atoms with Crippen molar-refractivity contribution in [2.75, 3.05) is 18.6 Å². The van der Waals surface area contributed by atoms with Gasteiger partial charge in [-0.25, -0.2) is 4.79 Å². The number of carbonyl (C=O) groups is 5. The lowest BCUT2D eigenvalue weighted by Crippen LogP contribution is -2.60. The third-order valence-corrected chi connectivity index (χ3v) is 5.79. The number of aliphatic carboxylic acids is 1. The molecule has 1 aliphatic rings. The van der Waals surface area contributed by atoms with Crippen LogP contribution in [-0.2, 0) is 24.0 Å². The molecule has 4 amide bonds. The van der Waals surface area contributed by atoms with Crippen LogP contribution < -0.4 is 22.1 Å². The predicted octanol–water partition coefficient (Wildman–Crippen LogP) is -2.24. The van der Waals surface area contributed by atoms with E-state index in [9.17, 15) is 34.2 Å². The Kier molecular flexibility index (Phi) is 11.4. The van der Waals surface area contributed by atoms with E-state index in [2.05, 4.69) is 10.6 Å². The van der Waals surface area contributed by atoms with E-state index >= 15 is 0 Å². The van der Waals surface area contributed by atoms with Gasteiger partial charge in [0.25, 0.3) is 0 Å². The first-order valence-electron chi connectivity index (χ1n) is 10.3. The van der Waals surface area contributed by atoms with Gasteiger partial charge >= 0.3 is 5.97 Å². The van der Waals surface area contributed by atoms with Crippen molar-refractivity contribution in [1.29, 1.82) is 0 Å². The van der Waals surface area contributed by atoms with Crippen LogP contribution in [0.15, 0.2) is 0 Å². The molecular weight excluding hydrogens is 442 g/mol. The van der Waals surface area contributed by atoms with Crippen molar-refractivity contribution in [3.63, 3.8) is 0 Å². The molecule has 1 saturated heterocycles. The van der Waals surface area contributed by atoms with Gasteiger partial charge in [0.2, 0.25) is 23.6 Å². The molecule has 13 heteroatoms. The van der Waals surface area contributed by atoms with E-state index in [0.29, 0.717) is 12.2 Å². The number of nitrogens with two attached hydrogens (primary N) is 2. The summed E-state index contributed by atoms with van der Waals surface area (Å²) in [6.07, 6.45) is 1.46. The molecule has 0 spiro atoms. The van der Waals surface area contributed by atoms with Crippen molar-refractivity contribution in [3.8, 4) is 0 Å². The summed E-state index contributed by atoms with van der Waals surface area (Å²) in [5.74, 6) is -3.31. The van der Waals surface area contributed by atoms with Crippen molar-refractivity contribution >= 4 is 41.4 Å². The number of rotatable bonds is 13. The van der Waals surface area contributed by atoms with Gasteiger partial charge < -0.3 is 37.2 Å². The summed E-state index contributed by atoms with van der Waals surface area (Å²) in [6.45, 7) is 1.51. The molecule has 0 saturated carbocycles. The number of aliphatic hydroxyl groups excluding tert-OH is 1. The summed E-state index contributed by atoms with van der Waals surface area (Å²) in [7, 11) is 0. The molecular formula is C19H33N5O7S. The molecule has 0 aromatic rings. The SMILES string of the molecule is CSCCC(NC(=O)C(N)CCC(N)=O)C(=O)NC(C(=O)N1CCCC1C(=O)O)C(C)O. The molecule has 0 aromatic heterocycles. The number of hydrogen-bond acceptors (Lipinski definition) is 8. The van der Waals surface area contributed by atoms with Gasteiger partial charge in [0.15, 0.2) is 0 Å². The van der Waals surface area contributed by atoms with Crippen molar-refractivity contribution in [2.45, 2.75) is 69.3 Å². The van der Waals surface area contributed by atoms with Crippen LogP contribution in [0.1, 0.15) is 39.0 Å². The smallest absolute Gasteiger partial charge is 0.326 e. The largest absolute Gasteiger partial charge is 0.480 e. The molecule has 5 unspecified atom stereocenters. The number of nitrogens with one attached hydrogen (secondary N) is 2. The van der Waals surface area contributed by atoms with Crippen molar-refractivity contribution in [1.82, 2.24) is 15.5 Å². The van der Waals surface area contributed by atoms with E-state index < -0.39 is 59.9 Å². The highest BCUT2D eigenvalue weighted by Gasteiger charge is 2.40. The number of hydrogen-bond donors (Lipinski definition) is 6. The number of amides is 4. The van der Waals surface area contributed by atoms with Crippen LogP contribution in [0.25, 0.3) is 0 Å². The van der Waals surface area contributed by atoms with Gasteiger partial charge in [0, 0.05) is 13.0 Å². The van der Waals surface area contributed by atoms with E-state index in [1.165, 1.54) is 18.7 Å². The molecule has 12 nitrogen and oxygen atoms in total. The fraction of sp³-hybridized carbons (Fsp3) is 0.737. The number of carboxylic acids is 1. The summed E-state index contributed by atoms with van der Waals surface area (Å²) >= 11 is 1.44. The Labute approximate surface area is 190 Å². The van der Waals surface area contributed by atoms with E-state index in [-0.39, 0.29) is 32.2 Å². The lowest BCUT2D eigenvalue weighted by molar-refractivity contribution is -0.150. The first-order chi connectivity index (χ1) is 15.0. The van der Waals surface area contributed by atoms with E-state index in [1.807, 2.05) is 6.26 Å². The summed E-state index contributed by atoms with van der Waals surface area (Å²) in [6, 6.07) is -4.49. The number of nitrogens with zero attached hydrogens (tertiary/aromatic N) is 1. The fourth-order valence-corrected chi connectivity index (χ4v) is 3.79. The van der Waals surface area contributed by atoms with Crippen LogP contribution in [0.4, 0.5) is 0 Å². The lowest BCUT2D eigenvalue weighted by atomic mass is 10.1. The second-order valence-corrected chi connectivity index (χ2v) is 8.69. The molecule has 1 heterocycles. The summed E-state index contributed by atoms with van der Waals surface area (Å²) in [4.78, 5) is 61.5. The lowest BCUT2D eigenvalue weighted by Gasteiger charge is -2.30. The van der Waals surface area contributed by atoms with Gasteiger partial charge in [-0.2, -0.15) is 11.8 Å². The third-order valence-electron chi connectivity index (χ3n) is 5.15. The van der Waals surface area contributed by atoms with Crippen LogP contribution in [0.5, 0.6) is 0 Å². The van der Waals surface area contributed by atoms with Crippen LogP contribution in [0, 0.1) is 0 Å². The van der Waals surface area contributed by atoms with Gasteiger partial charge in [-0.1, -0.05) is 0 Å². The summed E-state index contributed by atoms with van der Waals surface area (Å²) in [5, 5.41) is 24.4. The van der Waals surface area contributed by atoms with Gasteiger partial charge in [0.1, 0.15) is 18.1 Å². The van der Waals surface area contributed by atoms with Gasteiger partial charge in [-0.05, 0) is 44.6 Å². The van der Waals surface area contributed by atoms with E-state index in [4.69, 9.17) is 11.5 Å². The predicted molar refractivity (Wildman–Crippen MR) is 117 cm³/mol. The van der Waals surface area contributed by atoms with Gasteiger partial charge in [-0.15, -0.1) is 0 Å². The van der Waals surface area contributed by atoms with Crippen LogP contribution in [0.2, 0.25) is 0 Å². The van der Waals surface area contributed by atoms with E-state index in [0.717, 1.165) is 4.90 Å². The Morgan fingerprint density at radius 2 is 1.81 bits per heavy atom. The number of primary amides is 1. The Morgan fingerprint density at radius 1 is 1.16 bits per heavy atom. The zero-order chi connectivity index (χ0) is 24.4. The van der Waals surface area contributed by atoms with Crippen LogP contribution in [0.3, 0.4) is 0 Å². The molecule has 32 heavy (non-hydrogen) atoms. The number of thioether (sulfide) groups is 1. The van der Waals surface area contributed by atoms with Crippen molar-refractivity contribution in [2.24, 2.45) is 11.5 Å². The molecule has 1 rings (SSSR count). The molecule has 1 fully saturated rings. The Balaban J connectivity index is 2.90. The Morgan fingerprint density at radius 3 is 2.34 bits per heavy atom. The molecule has 1 aliphatic heterocycles. The minimum Gasteiger partial charge on any atom is -0.480 e. The molecule has 182 valence electrons. The Bertz CT molecular complexity index is 706. The molecule has 0 bridgehead atoms. The highest BCUT2D eigenvalue weighted by atomic mass is 32.2. The van der Waals surface area contributed by atoms with Gasteiger partial charge in [-0.3, -0.25) is 19.2 Å². The van der Waals surface area contributed by atoms with Crippen molar-refractivity contribution in [3.05, 3.63) is 0 Å². The average Bonchev–Trinajstić information content (AvgIpc) is 3.22. The zero-order valence-electron chi connectivity index (χ0n) is 18.3. The minimum absolute atomic E-state index is 0.0123. The average molecular weight is 476 g/mol. The van der Waals surface area contributed by atoms with Gasteiger partial charge in [0.05, 0.1) is 12.1 Å². The first kappa shape index (κ1) is 27.7. The number of aliphatic hydroxyl groups is 1. The zero-order valence-corrected chi connectivity index (χ0v) is 19.1. The highest BCUT2D eigenvalue weighted by molar-refractivity contribution is 7.98. The van der Waals surface area contributed by atoms with E-state index in [1.54, 1.807) is 0 Å². The molecule has 0 aliphatic carbocycles. The fourth-order valence-electron chi connectivity index (χ4n) is 3.32. The van der Waals surface area contributed by atoms with Crippen LogP contribution >= 0.6 is 11.8 Å². The topological polar surface area (TPSA) is 205 Å². The maximum Gasteiger partial charge on any atom is 0.326 e. The summed E-state index contributed by atoms with van der Waals surface area (Å²) < 4.78 is 0. The third kappa shape index (κ3) is 8.28.